The van der Waals surface area contributed by atoms with E-state index in [-0.39, 0.29) is 31.4 Å². The Kier molecular flexibility index (Phi) is 7.16. The molecule has 140 valence electrons. The molecule has 4 rings (SSSR count). The van der Waals surface area contributed by atoms with E-state index < -0.39 is 0 Å². The first kappa shape index (κ1) is 20.4. The van der Waals surface area contributed by atoms with Crippen molar-refractivity contribution in [2.75, 3.05) is 31.1 Å². The van der Waals surface area contributed by atoms with Gasteiger partial charge in [-0.3, -0.25) is 4.90 Å². The number of halogens is 2. The number of benzene rings is 1. The lowest BCUT2D eigenvalue weighted by molar-refractivity contribution is 0.239. The molecular formula is C17H22Cl2N6O. The summed E-state index contributed by atoms with van der Waals surface area (Å²) in [5, 5.41) is 5.13. The summed E-state index contributed by atoms with van der Waals surface area (Å²) in [4.78, 5) is 13.7. The van der Waals surface area contributed by atoms with Gasteiger partial charge in [0.15, 0.2) is 5.82 Å². The normalized spacial score (nSPS) is 14.7. The summed E-state index contributed by atoms with van der Waals surface area (Å²) in [6.07, 6.45) is 0. The minimum atomic E-state index is 0. The Morgan fingerprint density at radius 2 is 1.73 bits per heavy atom. The van der Waals surface area contributed by atoms with Gasteiger partial charge in [-0.15, -0.1) is 24.8 Å². The van der Waals surface area contributed by atoms with Crippen LogP contribution in [0.1, 0.15) is 11.7 Å². The minimum Gasteiger partial charge on any atom is -0.354 e. The number of para-hydroxylation sites is 1. The molecule has 3 heterocycles. The van der Waals surface area contributed by atoms with Gasteiger partial charge in [-0.05, 0) is 18.2 Å². The highest BCUT2D eigenvalue weighted by Crippen LogP contribution is 2.19. The molecule has 0 atom stereocenters. The predicted octanol–water partition coefficient (Wildman–Crippen LogP) is 2.24. The number of nitrogens with zero attached hydrogens (tertiary/aromatic N) is 5. The van der Waals surface area contributed by atoms with Crippen LogP contribution in [0.15, 0.2) is 40.9 Å². The van der Waals surface area contributed by atoms with E-state index in [1.54, 1.807) is 0 Å². The van der Waals surface area contributed by atoms with Crippen molar-refractivity contribution >= 4 is 41.5 Å². The van der Waals surface area contributed by atoms with E-state index in [4.69, 9.17) is 15.2 Å². The summed E-state index contributed by atoms with van der Waals surface area (Å²) in [5.74, 6) is 2.23. The van der Waals surface area contributed by atoms with Gasteiger partial charge in [-0.1, -0.05) is 23.4 Å². The van der Waals surface area contributed by atoms with Crippen LogP contribution in [0, 0.1) is 0 Å². The van der Waals surface area contributed by atoms with Gasteiger partial charge in [0.05, 0.1) is 18.6 Å². The number of rotatable bonds is 4. The lowest BCUT2D eigenvalue weighted by Crippen LogP contribution is -2.46. The third-order valence-electron chi connectivity index (χ3n) is 4.33. The molecule has 0 spiro atoms. The predicted molar refractivity (Wildman–Crippen MR) is 106 cm³/mol. The molecular weight excluding hydrogens is 375 g/mol. The number of anilines is 1. The first-order valence-electron chi connectivity index (χ1n) is 8.16. The fourth-order valence-electron chi connectivity index (χ4n) is 3.00. The second-order valence-corrected chi connectivity index (χ2v) is 5.93. The maximum Gasteiger partial charge on any atom is 0.240 e. The third kappa shape index (κ3) is 4.42. The summed E-state index contributed by atoms with van der Waals surface area (Å²) >= 11 is 0. The molecule has 1 fully saturated rings. The summed E-state index contributed by atoms with van der Waals surface area (Å²) in [5.41, 5.74) is 6.54. The summed E-state index contributed by atoms with van der Waals surface area (Å²) in [6, 6.07) is 12.4. The van der Waals surface area contributed by atoms with Crippen LogP contribution in [0.25, 0.3) is 10.9 Å². The van der Waals surface area contributed by atoms with Crippen LogP contribution in [-0.4, -0.2) is 46.2 Å². The second-order valence-electron chi connectivity index (χ2n) is 5.93. The fourth-order valence-corrected chi connectivity index (χ4v) is 3.00. The maximum atomic E-state index is 5.49. The molecule has 1 aliphatic rings. The van der Waals surface area contributed by atoms with Crippen molar-refractivity contribution in [1.29, 1.82) is 0 Å². The lowest BCUT2D eigenvalue weighted by atomic mass is 10.2. The van der Waals surface area contributed by atoms with E-state index in [9.17, 15) is 0 Å². The Hall–Kier alpha value is -1.93. The molecule has 3 aromatic rings. The minimum absolute atomic E-state index is 0. The fraction of sp³-hybridized carbons (Fsp3) is 0.353. The largest absolute Gasteiger partial charge is 0.354 e. The van der Waals surface area contributed by atoms with Gasteiger partial charge in [-0.2, -0.15) is 4.98 Å². The number of aromatic nitrogens is 3. The monoisotopic (exact) mass is 396 g/mol. The zero-order valence-corrected chi connectivity index (χ0v) is 15.9. The van der Waals surface area contributed by atoms with Gasteiger partial charge in [0.1, 0.15) is 5.82 Å². The molecule has 0 radical (unpaired) electrons. The smallest absolute Gasteiger partial charge is 0.240 e. The Labute approximate surface area is 164 Å². The zero-order valence-electron chi connectivity index (χ0n) is 14.2. The molecule has 26 heavy (non-hydrogen) atoms. The van der Waals surface area contributed by atoms with Crippen LogP contribution >= 0.6 is 24.8 Å². The number of pyridine rings is 1. The van der Waals surface area contributed by atoms with Crippen LogP contribution in [0.2, 0.25) is 0 Å². The molecule has 7 nitrogen and oxygen atoms in total. The van der Waals surface area contributed by atoms with Crippen LogP contribution in [-0.2, 0) is 13.1 Å². The average Bonchev–Trinajstić information content (AvgIpc) is 3.09. The van der Waals surface area contributed by atoms with Crippen LogP contribution in [0.3, 0.4) is 0 Å². The average molecular weight is 397 g/mol. The number of piperazine rings is 1. The molecule has 0 bridgehead atoms. The maximum absolute atomic E-state index is 5.49. The molecule has 1 aromatic carbocycles. The topological polar surface area (TPSA) is 84.3 Å². The van der Waals surface area contributed by atoms with Gasteiger partial charge < -0.3 is 15.2 Å². The van der Waals surface area contributed by atoms with Crippen LogP contribution in [0.5, 0.6) is 0 Å². The van der Waals surface area contributed by atoms with Crippen molar-refractivity contribution in [3.63, 3.8) is 0 Å². The van der Waals surface area contributed by atoms with E-state index in [2.05, 4.69) is 44.2 Å². The van der Waals surface area contributed by atoms with E-state index in [1.807, 2.05) is 12.1 Å². The van der Waals surface area contributed by atoms with Crippen molar-refractivity contribution in [3.05, 3.63) is 48.1 Å². The van der Waals surface area contributed by atoms with Gasteiger partial charge in [0, 0.05) is 31.6 Å². The van der Waals surface area contributed by atoms with E-state index in [1.165, 1.54) is 5.39 Å². The molecule has 9 heteroatoms. The van der Waals surface area contributed by atoms with Crippen molar-refractivity contribution in [3.8, 4) is 0 Å². The molecule has 0 unspecified atom stereocenters. The first-order chi connectivity index (χ1) is 11.8. The van der Waals surface area contributed by atoms with Gasteiger partial charge >= 0.3 is 0 Å². The van der Waals surface area contributed by atoms with Gasteiger partial charge in [-0.25, -0.2) is 4.98 Å². The molecule has 2 aromatic heterocycles. The summed E-state index contributed by atoms with van der Waals surface area (Å²) in [7, 11) is 0. The summed E-state index contributed by atoms with van der Waals surface area (Å²) in [6.45, 7) is 4.75. The van der Waals surface area contributed by atoms with E-state index in [0.717, 1.165) is 37.5 Å². The Balaban J connectivity index is 0.00000121. The quantitative estimate of drug-likeness (QED) is 0.723. The zero-order chi connectivity index (χ0) is 16.4. The molecule has 2 N–H and O–H groups in total. The van der Waals surface area contributed by atoms with Crippen LogP contribution in [0.4, 0.5) is 5.82 Å². The second kappa shape index (κ2) is 9.14. The molecule has 1 aliphatic heterocycles. The number of fused-ring (bicyclic) bond motifs is 1. The molecule has 0 aliphatic carbocycles. The van der Waals surface area contributed by atoms with Crippen LogP contribution < -0.4 is 10.6 Å². The highest BCUT2D eigenvalue weighted by molar-refractivity contribution is 5.85. The highest BCUT2D eigenvalue weighted by Gasteiger charge is 2.20. The number of hydrogen-bond donors (Lipinski definition) is 1. The van der Waals surface area contributed by atoms with Crippen molar-refractivity contribution in [1.82, 2.24) is 20.0 Å². The third-order valence-corrected chi connectivity index (χ3v) is 4.33. The molecule has 1 saturated heterocycles. The van der Waals surface area contributed by atoms with Crippen molar-refractivity contribution in [2.24, 2.45) is 5.73 Å². The standard InChI is InChI=1S/C17H20N6O.2ClH/c18-11-17-20-15(21-24-17)12-22-7-9-23(10-8-22)16-6-5-13-3-1-2-4-14(13)19-16;;/h1-6H,7-12,18H2;2*1H. The molecule has 0 amide bonds. The first-order valence-corrected chi connectivity index (χ1v) is 8.16. The lowest BCUT2D eigenvalue weighted by Gasteiger charge is -2.34. The van der Waals surface area contributed by atoms with Crippen molar-refractivity contribution < 1.29 is 4.52 Å². The van der Waals surface area contributed by atoms with Crippen molar-refractivity contribution in [2.45, 2.75) is 13.1 Å². The van der Waals surface area contributed by atoms with Gasteiger partial charge in [0.2, 0.25) is 5.89 Å². The van der Waals surface area contributed by atoms with Gasteiger partial charge in [0.25, 0.3) is 0 Å². The Morgan fingerprint density at radius 1 is 0.962 bits per heavy atom. The SMILES string of the molecule is Cl.Cl.NCc1nc(CN2CCN(c3ccc4ccccc4n3)CC2)no1. The number of nitrogens with two attached hydrogens (primary N) is 1. The van der Waals surface area contributed by atoms with E-state index in [0.29, 0.717) is 18.3 Å². The van der Waals surface area contributed by atoms with E-state index >= 15 is 0 Å². The molecule has 0 saturated carbocycles. The summed E-state index contributed by atoms with van der Waals surface area (Å²) < 4.78 is 5.05. The highest BCUT2D eigenvalue weighted by atomic mass is 35.5. The Morgan fingerprint density at radius 3 is 2.46 bits per heavy atom. The Bertz CT molecular complexity index is 835. The number of hydrogen-bond acceptors (Lipinski definition) is 7.